The molecule has 1 fully saturated rings. The molecule has 1 unspecified atom stereocenters. The number of urea groups is 1. The van der Waals surface area contributed by atoms with Crippen LogP contribution in [-0.4, -0.2) is 26.2 Å². The van der Waals surface area contributed by atoms with Crippen molar-refractivity contribution >= 4 is 17.6 Å². The molecule has 146 valence electrons. The van der Waals surface area contributed by atoms with E-state index in [0.717, 1.165) is 30.4 Å². The Morgan fingerprint density at radius 2 is 1.86 bits per heavy atom. The maximum absolute atomic E-state index is 13.5. The van der Waals surface area contributed by atoms with Gasteiger partial charge >= 0.3 is 6.03 Å². The number of hydrogen-bond donors (Lipinski definition) is 1. The molecular formula is C22H20N4O3. The highest BCUT2D eigenvalue weighted by molar-refractivity contribution is 6.07. The smallest absolute Gasteiger partial charge is 0.319 e. The maximum Gasteiger partial charge on any atom is 0.325 e. The lowest BCUT2D eigenvalue weighted by atomic mass is 9.84. The maximum atomic E-state index is 13.5. The molecule has 2 aliphatic rings. The second-order valence-electron chi connectivity index (χ2n) is 7.61. The SMILES string of the molecule is O=C1NC2(CCCCc3ccccc32)C(=O)N1Cc1cc(=O)n2ccccc2n1. The molecule has 7 heteroatoms. The van der Waals surface area contributed by atoms with E-state index in [9.17, 15) is 14.4 Å². The lowest BCUT2D eigenvalue weighted by molar-refractivity contribution is -0.132. The number of nitrogens with zero attached hydrogens (tertiary/aromatic N) is 3. The second-order valence-corrected chi connectivity index (χ2v) is 7.61. The minimum atomic E-state index is -1.03. The predicted octanol–water partition coefficient (Wildman–Crippen LogP) is 2.37. The zero-order chi connectivity index (χ0) is 20.0. The Hall–Kier alpha value is -3.48. The van der Waals surface area contributed by atoms with Crippen LogP contribution in [0.3, 0.4) is 0 Å². The minimum absolute atomic E-state index is 0.0325. The van der Waals surface area contributed by atoms with E-state index in [1.165, 1.54) is 15.4 Å². The molecule has 29 heavy (non-hydrogen) atoms. The van der Waals surface area contributed by atoms with Crippen LogP contribution >= 0.6 is 0 Å². The topological polar surface area (TPSA) is 83.8 Å². The van der Waals surface area contributed by atoms with Crippen molar-refractivity contribution in [2.45, 2.75) is 37.8 Å². The van der Waals surface area contributed by atoms with Crippen molar-refractivity contribution < 1.29 is 9.59 Å². The molecule has 1 aliphatic heterocycles. The molecule has 0 saturated carbocycles. The summed E-state index contributed by atoms with van der Waals surface area (Å²) in [6, 6.07) is 14.0. The summed E-state index contributed by atoms with van der Waals surface area (Å²) in [6.45, 7) is -0.0325. The van der Waals surface area contributed by atoms with E-state index >= 15 is 0 Å². The highest BCUT2D eigenvalue weighted by Gasteiger charge is 2.53. The fourth-order valence-corrected chi connectivity index (χ4v) is 4.46. The molecule has 2 aromatic heterocycles. The first-order chi connectivity index (χ1) is 14.1. The fraction of sp³-hybridized carbons (Fsp3) is 0.273. The van der Waals surface area contributed by atoms with Crippen LogP contribution in [0.5, 0.6) is 0 Å². The molecule has 7 nitrogen and oxygen atoms in total. The summed E-state index contributed by atoms with van der Waals surface area (Å²) in [5, 5.41) is 2.96. The van der Waals surface area contributed by atoms with Gasteiger partial charge in [0.1, 0.15) is 11.2 Å². The van der Waals surface area contributed by atoms with Gasteiger partial charge in [-0.05, 0) is 48.9 Å². The van der Waals surface area contributed by atoms with E-state index in [2.05, 4.69) is 10.3 Å². The van der Waals surface area contributed by atoms with Crippen molar-refractivity contribution in [3.8, 4) is 0 Å². The van der Waals surface area contributed by atoms with E-state index < -0.39 is 11.6 Å². The number of aromatic nitrogens is 2. The summed E-state index contributed by atoms with van der Waals surface area (Å²) in [6.07, 6.45) is 4.93. The van der Waals surface area contributed by atoms with Gasteiger partial charge in [-0.25, -0.2) is 9.78 Å². The first kappa shape index (κ1) is 17.6. The molecule has 3 aromatic rings. The summed E-state index contributed by atoms with van der Waals surface area (Å²) < 4.78 is 1.43. The minimum Gasteiger partial charge on any atom is -0.319 e. The van der Waals surface area contributed by atoms with Crippen LogP contribution in [0.2, 0.25) is 0 Å². The number of imide groups is 1. The van der Waals surface area contributed by atoms with E-state index in [-0.39, 0.29) is 18.0 Å². The van der Waals surface area contributed by atoms with Gasteiger partial charge in [-0.1, -0.05) is 30.3 Å². The Morgan fingerprint density at radius 1 is 1.03 bits per heavy atom. The number of amides is 3. The number of carbonyl (C=O) groups excluding carboxylic acids is 2. The summed E-state index contributed by atoms with van der Waals surface area (Å²) in [4.78, 5) is 44.3. The van der Waals surface area contributed by atoms with Gasteiger partial charge in [-0.2, -0.15) is 0 Å². The van der Waals surface area contributed by atoms with Crippen molar-refractivity contribution in [1.82, 2.24) is 19.6 Å². The summed E-state index contributed by atoms with van der Waals surface area (Å²) in [5.74, 6) is -0.271. The number of pyridine rings is 1. The average Bonchev–Trinajstić information content (AvgIpc) is 2.87. The Morgan fingerprint density at radius 3 is 2.76 bits per heavy atom. The number of fused-ring (bicyclic) bond motifs is 3. The zero-order valence-electron chi connectivity index (χ0n) is 15.8. The van der Waals surface area contributed by atoms with Gasteiger partial charge in [0.05, 0.1) is 12.2 Å². The summed E-state index contributed by atoms with van der Waals surface area (Å²) >= 11 is 0. The van der Waals surface area contributed by atoms with E-state index in [4.69, 9.17) is 0 Å². The lowest BCUT2D eigenvalue weighted by Gasteiger charge is -2.27. The van der Waals surface area contributed by atoms with Crippen LogP contribution in [0.15, 0.2) is 59.5 Å². The van der Waals surface area contributed by atoms with Crippen LogP contribution in [-0.2, 0) is 23.3 Å². The second kappa shape index (κ2) is 6.55. The van der Waals surface area contributed by atoms with Crippen molar-refractivity contribution in [2.24, 2.45) is 0 Å². The number of carbonyl (C=O) groups is 2. The van der Waals surface area contributed by atoms with Gasteiger partial charge in [0.2, 0.25) is 0 Å². The van der Waals surface area contributed by atoms with Crippen molar-refractivity contribution in [3.63, 3.8) is 0 Å². The molecule has 1 N–H and O–H groups in total. The number of hydrogen-bond acceptors (Lipinski definition) is 4. The molecule has 3 heterocycles. The van der Waals surface area contributed by atoms with Crippen molar-refractivity contribution in [3.05, 3.63) is 81.9 Å². The summed E-state index contributed by atoms with van der Waals surface area (Å²) in [5.41, 5.74) is 1.58. The number of nitrogens with one attached hydrogen (secondary N) is 1. The molecular weight excluding hydrogens is 368 g/mol. The van der Waals surface area contributed by atoms with Gasteiger partial charge in [0.15, 0.2) is 0 Å². The molecule has 1 aromatic carbocycles. The lowest BCUT2D eigenvalue weighted by Crippen LogP contribution is -2.44. The third-order valence-electron chi connectivity index (χ3n) is 5.84. The van der Waals surface area contributed by atoms with Crippen LogP contribution in [0, 0.1) is 0 Å². The van der Waals surface area contributed by atoms with Gasteiger partial charge in [0.25, 0.3) is 11.5 Å². The van der Waals surface area contributed by atoms with Crippen LogP contribution in [0.1, 0.15) is 36.1 Å². The first-order valence-electron chi connectivity index (χ1n) is 9.78. The normalized spacial score (nSPS) is 21.3. The molecule has 1 saturated heterocycles. The molecule has 1 atom stereocenters. The van der Waals surface area contributed by atoms with E-state index in [0.29, 0.717) is 17.8 Å². The van der Waals surface area contributed by atoms with Crippen molar-refractivity contribution in [1.29, 1.82) is 0 Å². The fourth-order valence-electron chi connectivity index (χ4n) is 4.46. The van der Waals surface area contributed by atoms with Crippen LogP contribution < -0.4 is 10.9 Å². The molecule has 3 amide bonds. The Bertz CT molecular complexity index is 1200. The van der Waals surface area contributed by atoms with Gasteiger partial charge in [-0.15, -0.1) is 0 Å². The standard InChI is InChI=1S/C22H20N4O3/c27-19-13-16(23-18-10-4-6-12-25(18)19)14-26-20(28)22(24-21(26)29)11-5-3-8-15-7-1-2-9-17(15)22/h1-2,4,6-7,9-10,12-13H,3,5,8,11,14H2,(H,24,29). The highest BCUT2D eigenvalue weighted by Crippen LogP contribution is 2.39. The monoisotopic (exact) mass is 388 g/mol. The van der Waals surface area contributed by atoms with Gasteiger partial charge < -0.3 is 5.32 Å². The number of rotatable bonds is 2. The molecule has 0 bridgehead atoms. The predicted molar refractivity (Wildman–Crippen MR) is 106 cm³/mol. The Kier molecular flexibility index (Phi) is 3.97. The molecule has 1 aliphatic carbocycles. The average molecular weight is 388 g/mol. The Balaban J connectivity index is 1.53. The first-order valence-corrected chi connectivity index (χ1v) is 9.78. The molecule has 1 spiro atoms. The summed E-state index contributed by atoms with van der Waals surface area (Å²) in [7, 11) is 0. The Labute approximate surface area is 167 Å². The molecule has 5 rings (SSSR count). The van der Waals surface area contributed by atoms with Crippen molar-refractivity contribution in [2.75, 3.05) is 0 Å². The van der Waals surface area contributed by atoms with E-state index in [1.54, 1.807) is 24.4 Å². The van der Waals surface area contributed by atoms with E-state index in [1.807, 2.05) is 24.3 Å². The molecule has 0 radical (unpaired) electrons. The third kappa shape index (κ3) is 2.73. The van der Waals surface area contributed by atoms with Crippen LogP contribution in [0.25, 0.3) is 5.65 Å². The zero-order valence-corrected chi connectivity index (χ0v) is 15.8. The van der Waals surface area contributed by atoms with Gasteiger partial charge in [0, 0.05) is 12.3 Å². The number of benzene rings is 1. The number of aryl methyl sites for hydroxylation is 1. The third-order valence-corrected chi connectivity index (χ3v) is 5.84. The van der Waals surface area contributed by atoms with Crippen LogP contribution in [0.4, 0.5) is 4.79 Å². The highest BCUT2D eigenvalue weighted by atomic mass is 16.2. The quantitative estimate of drug-likeness (QED) is 0.683. The largest absolute Gasteiger partial charge is 0.325 e. The van der Waals surface area contributed by atoms with Gasteiger partial charge in [-0.3, -0.25) is 18.9 Å².